The molecule has 10 N–H and O–H groups in total. The van der Waals surface area contributed by atoms with E-state index in [1.165, 1.54) is 0 Å². The number of carbonyl (C=O) groups is 5. The molecule has 0 aliphatic heterocycles. The lowest BCUT2D eigenvalue weighted by Gasteiger charge is -2.22. The number of carboxylic acids is 2. The molecule has 12 heteroatoms. The number of rotatable bonds is 14. The Kier molecular flexibility index (Phi) is 11.3. The van der Waals surface area contributed by atoms with Crippen molar-refractivity contribution in [3.05, 3.63) is 0 Å². The summed E-state index contributed by atoms with van der Waals surface area (Å²) in [4.78, 5) is 57.0. The van der Waals surface area contributed by atoms with Crippen molar-refractivity contribution in [2.45, 2.75) is 56.7 Å². The highest BCUT2D eigenvalue weighted by Crippen LogP contribution is 2.04. The molecule has 154 valence electrons. The molecular weight excluding hydrogens is 362 g/mol. The second-order valence-electron chi connectivity index (χ2n) is 5.95. The molecule has 0 saturated carbocycles. The summed E-state index contributed by atoms with van der Waals surface area (Å²) in [6, 6.07) is -3.86. The quantitative estimate of drug-likeness (QED) is 0.152. The van der Waals surface area contributed by atoms with E-state index in [2.05, 4.69) is 10.6 Å². The Labute approximate surface area is 155 Å². The van der Waals surface area contributed by atoms with Gasteiger partial charge in [0.2, 0.25) is 17.7 Å². The Hall–Kier alpha value is -2.73. The van der Waals surface area contributed by atoms with Crippen LogP contribution >= 0.6 is 0 Å². The van der Waals surface area contributed by atoms with E-state index in [0.29, 0.717) is 19.4 Å². The zero-order chi connectivity index (χ0) is 21.0. The van der Waals surface area contributed by atoms with E-state index in [4.69, 9.17) is 27.4 Å². The van der Waals surface area contributed by atoms with Gasteiger partial charge in [0.25, 0.3) is 0 Å². The lowest BCUT2D eigenvalue weighted by atomic mass is 10.1. The van der Waals surface area contributed by atoms with E-state index >= 15 is 0 Å². The van der Waals surface area contributed by atoms with Gasteiger partial charge in [0.1, 0.15) is 12.1 Å². The van der Waals surface area contributed by atoms with Crippen LogP contribution in [0.1, 0.15) is 38.5 Å². The fourth-order valence-electron chi connectivity index (χ4n) is 2.12. The van der Waals surface area contributed by atoms with Crippen molar-refractivity contribution >= 4 is 29.7 Å². The van der Waals surface area contributed by atoms with Crippen LogP contribution in [0.5, 0.6) is 0 Å². The highest BCUT2D eigenvalue weighted by molar-refractivity contribution is 5.92. The minimum atomic E-state index is -1.65. The Morgan fingerprint density at radius 3 is 1.96 bits per heavy atom. The van der Waals surface area contributed by atoms with Crippen LogP contribution < -0.4 is 27.8 Å². The molecule has 27 heavy (non-hydrogen) atoms. The van der Waals surface area contributed by atoms with Gasteiger partial charge >= 0.3 is 11.9 Å². The summed E-state index contributed by atoms with van der Waals surface area (Å²) in [5.41, 5.74) is 16.0. The minimum absolute atomic E-state index is 0.0188. The topological polar surface area (TPSA) is 228 Å². The number of nitrogens with one attached hydrogen (secondary N) is 2. The molecule has 0 rings (SSSR count). The number of hydrogen-bond donors (Lipinski definition) is 7. The van der Waals surface area contributed by atoms with Crippen LogP contribution in [0, 0.1) is 0 Å². The van der Waals surface area contributed by atoms with E-state index in [9.17, 15) is 24.0 Å². The van der Waals surface area contributed by atoms with Crippen molar-refractivity contribution in [1.82, 2.24) is 10.6 Å². The largest absolute Gasteiger partial charge is 0.481 e. The molecule has 0 bridgehead atoms. The van der Waals surface area contributed by atoms with Crippen molar-refractivity contribution in [1.29, 1.82) is 0 Å². The number of carboxylic acid groups (broad SMARTS) is 2. The van der Waals surface area contributed by atoms with Gasteiger partial charge in [-0.2, -0.15) is 0 Å². The Bertz CT molecular complexity index is 555. The number of hydrogen-bond acceptors (Lipinski definition) is 7. The number of nitrogens with two attached hydrogens (primary N) is 3. The number of primary amides is 1. The van der Waals surface area contributed by atoms with Crippen molar-refractivity contribution in [3.63, 3.8) is 0 Å². The first kappa shape index (κ1) is 24.3. The molecule has 0 aliphatic carbocycles. The van der Waals surface area contributed by atoms with E-state index in [1.807, 2.05) is 0 Å². The Morgan fingerprint density at radius 2 is 1.48 bits per heavy atom. The molecule has 0 aliphatic rings. The van der Waals surface area contributed by atoms with Gasteiger partial charge in [-0.3, -0.25) is 19.2 Å². The second-order valence-corrected chi connectivity index (χ2v) is 5.95. The summed E-state index contributed by atoms with van der Waals surface area (Å²) >= 11 is 0. The molecule has 0 aromatic carbocycles. The molecule has 12 nitrogen and oxygen atoms in total. The summed E-state index contributed by atoms with van der Waals surface area (Å²) < 4.78 is 0. The first-order chi connectivity index (χ1) is 12.6. The number of unbranched alkanes of at least 4 members (excludes halogenated alkanes) is 1. The molecule has 0 heterocycles. The number of amides is 3. The third-order valence-corrected chi connectivity index (χ3v) is 3.61. The van der Waals surface area contributed by atoms with Gasteiger partial charge in [0.15, 0.2) is 0 Å². The van der Waals surface area contributed by atoms with Crippen molar-refractivity contribution in [3.8, 4) is 0 Å². The summed E-state index contributed by atoms with van der Waals surface area (Å²) in [6.45, 7) is 0.358. The van der Waals surface area contributed by atoms with Gasteiger partial charge in [-0.25, -0.2) is 4.79 Å². The zero-order valence-electron chi connectivity index (χ0n) is 14.8. The molecule has 3 atom stereocenters. The van der Waals surface area contributed by atoms with E-state index < -0.39 is 54.2 Å². The van der Waals surface area contributed by atoms with Crippen LogP contribution in [-0.4, -0.2) is 64.5 Å². The summed E-state index contributed by atoms with van der Waals surface area (Å²) in [6.07, 6.45) is 0.222. The molecule has 0 spiro atoms. The standard InChI is InChI=1S/C15H27N5O7/c16-6-2-1-3-9(19-13(24)8(17)4-5-11(18)21)14(25)20-10(15(26)27)7-12(22)23/h8-10H,1-7,16-17H2,(H2,18,21)(H,19,24)(H,20,25)(H,22,23)(H,26,27)/t8-,9-,10-/m0/s1. The van der Waals surface area contributed by atoms with E-state index in [0.717, 1.165) is 0 Å². The molecule has 0 radical (unpaired) electrons. The predicted molar refractivity (Wildman–Crippen MR) is 93.1 cm³/mol. The van der Waals surface area contributed by atoms with Gasteiger partial charge in [0, 0.05) is 6.42 Å². The molecular formula is C15H27N5O7. The Morgan fingerprint density at radius 1 is 0.889 bits per heavy atom. The lowest BCUT2D eigenvalue weighted by Crippen LogP contribution is -2.54. The van der Waals surface area contributed by atoms with Crippen molar-refractivity contribution in [2.75, 3.05) is 6.54 Å². The summed E-state index contributed by atoms with van der Waals surface area (Å²) in [7, 11) is 0. The monoisotopic (exact) mass is 389 g/mol. The maximum Gasteiger partial charge on any atom is 0.326 e. The Balaban J connectivity index is 5.01. The van der Waals surface area contributed by atoms with Gasteiger partial charge in [0.05, 0.1) is 12.5 Å². The van der Waals surface area contributed by atoms with Crippen LogP contribution in [0.2, 0.25) is 0 Å². The van der Waals surface area contributed by atoms with Crippen molar-refractivity contribution < 1.29 is 34.2 Å². The van der Waals surface area contributed by atoms with Gasteiger partial charge in [-0.05, 0) is 32.2 Å². The fourth-order valence-corrected chi connectivity index (χ4v) is 2.12. The average Bonchev–Trinajstić information content (AvgIpc) is 2.57. The van der Waals surface area contributed by atoms with Crippen LogP contribution in [0.15, 0.2) is 0 Å². The molecule has 0 aromatic rings. The van der Waals surface area contributed by atoms with Gasteiger partial charge < -0.3 is 38.0 Å². The highest BCUT2D eigenvalue weighted by atomic mass is 16.4. The smallest absolute Gasteiger partial charge is 0.326 e. The van der Waals surface area contributed by atoms with Crippen LogP contribution in [0.3, 0.4) is 0 Å². The molecule has 0 unspecified atom stereocenters. The van der Waals surface area contributed by atoms with E-state index in [-0.39, 0.29) is 19.3 Å². The van der Waals surface area contributed by atoms with Crippen LogP contribution in [-0.2, 0) is 24.0 Å². The first-order valence-corrected chi connectivity index (χ1v) is 8.37. The van der Waals surface area contributed by atoms with Gasteiger partial charge in [-0.1, -0.05) is 0 Å². The SMILES string of the molecule is NCCCC[C@H](NC(=O)[C@@H](N)CCC(N)=O)C(=O)N[C@@H](CC(=O)O)C(=O)O. The van der Waals surface area contributed by atoms with Crippen LogP contribution in [0.4, 0.5) is 0 Å². The molecule has 0 fully saturated rings. The number of carbonyl (C=O) groups excluding carboxylic acids is 3. The third kappa shape index (κ3) is 10.8. The molecule has 3 amide bonds. The average molecular weight is 389 g/mol. The third-order valence-electron chi connectivity index (χ3n) is 3.61. The predicted octanol–water partition coefficient (Wildman–Crippen LogP) is -2.76. The second kappa shape index (κ2) is 12.6. The maximum absolute atomic E-state index is 12.3. The minimum Gasteiger partial charge on any atom is -0.481 e. The lowest BCUT2D eigenvalue weighted by molar-refractivity contribution is -0.147. The highest BCUT2D eigenvalue weighted by Gasteiger charge is 2.29. The summed E-state index contributed by atoms with van der Waals surface area (Å²) in [5, 5.41) is 22.2. The van der Waals surface area contributed by atoms with Crippen LogP contribution in [0.25, 0.3) is 0 Å². The number of aliphatic carboxylic acids is 2. The zero-order valence-corrected chi connectivity index (χ0v) is 14.8. The normalized spacial score (nSPS) is 13.9. The first-order valence-electron chi connectivity index (χ1n) is 8.37. The van der Waals surface area contributed by atoms with Gasteiger partial charge in [-0.15, -0.1) is 0 Å². The maximum atomic E-state index is 12.3. The van der Waals surface area contributed by atoms with Crippen molar-refractivity contribution in [2.24, 2.45) is 17.2 Å². The molecule has 0 aromatic heterocycles. The molecule has 0 saturated heterocycles. The summed E-state index contributed by atoms with van der Waals surface area (Å²) in [5.74, 6) is -5.12. The van der Waals surface area contributed by atoms with E-state index in [1.54, 1.807) is 0 Å². The fraction of sp³-hybridized carbons (Fsp3) is 0.667.